The van der Waals surface area contributed by atoms with E-state index in [9.17, 15) is 13.5 Å². The fraction of sp³-hybridized carbons (Fsp3) is 0.500. The summed E-state index contributed by atoms with van der Waals surface area (Å²) in [6.07, 6.45) is -0.0133. The van der Waals surface area contributed by atoms with Crippen LogP contribution in [0.5, 0.6) is 0 Å². The lowest BCUT2D eigenvalue weighted by molar-refractivity contribution is 0.189. The van der Waals surface area contributed by atoms with E-state index in [2.05, 4.69) is 0 Å². The second-order valence-corrected chi connectivity index (χ2v) is 6.49. The second-order valence-electron chi connectivity index (χ2n) is 4.55. The third-order valence-corrected chi connectivity index (χ3v) is 5.10. The smallest absolute Gasteiger partial charge is 0.243 e. The largest absolute Gasteiger partial charge is 0.392 e. The van der Waals surface area contributed by atoms with Crippen molar-refractivity contribution >= 4 is 10.0 Å². The van der Waals surface area contributed by atoms with Gasteiger partial charge in [-0.1, -0.05) is 6.07 Å². The van der Waals surface area contributed by atoms with Gasteiger partial charge in [-0.2, -0.15) is 4.31 Å². The molecule has 4 nitrogen and oxygen atoms in total. The lowest BCUT2D eigenvalue weighted by Gasteiger charge is -2.16. The van der Waals surface area contributed by atoms with Crippen LogP contribution >= 0.6 is 0 Å². The number of β-amino-alcohol motifs (C(OH)–C–C–N with tert-alkyl or cyclic N) is 1. The summed E-state index contributed by atoms with van der Waals surface area (Å²) in [7, 11) is -3.44. The van der Waals surface area contributed by atoms with E-state index >= 15 is 0 Å². The molecule has 0 amide bonds. The zero-order valence-electron chi connectivity index (χ0n) is 10.0. The van der Waals surface area contributed by atoms with Crippen molar-refractivity contribution in [2.75, 3.05) is 13.1 Å². The number of rotatable bonds is 2. The maximum absolute atomic E-state index is 12.3. The van der Waals surface area contributed by atoms with E-state index in [4.69, 9.17) is 0 Å². The minimum absolute atomic E-state index is 0.204. The van der Waals surface area contributed by atoms with Crippen LogP contribution in [0.4, 0.5) is 0 Å². The number of hydrogen-bond acceptors (Lipinski definition) is 3. The summed E-state index contributed by atoms with van der Waals surface area (Å²) < 4.78 is 25.9. The Kier molecular flexibility index (Phi) is 3.25. The van der Waals surface area contributed by atoms with Crippen molar-refractivity contribution in [2.45, 2.75) is 31.3 Å². The average Bonchev–Trinajstić information content (AvgIpc) is 2.69. The molecule has 1 aliphatic rings. The van der Waals surface area contributed by atoms with Crippen LogP contribution in [0.1, 0.15) is 17.5 Å². The Bertz CT molecular complexity index is 525. The Morgan fingerprint density at radius 2 is 2.00 bits per heavy atom. The SMILES string of the molecule is Cc1ccc(S(=O)(=O)N2CC[C@H](O)C2)cc1C. The molecule has 0 radical (unpaired) electrons. The normalized spacial score (nSPS) is 21.9. The lowest BCUT2D eigenvalue weighted by Crippen LogP contribution is -2.29. The Morgan fingerprint density at radius 1 is 1.29 bits per heavy atom. The molecule has 0 unspecified atom stereocenters. The summed E-state index contributed by atoms with van der Waals surface area (Å²) in [6, 6.07) is 5.13. The molecule has 94 valence electrons. The first-order chi connectivity index (χ1) is 7.91. The molecule has 1 aromatic rings. The van der Waals surface area contributed by atoms with Crippen LogP contribution in [0.2, 0.25) is 0 Å². The highest BCUT2D eigenvalue weighted by Gasteiger charge is 2.31. The van der Waals surface area contributed by atoms with Crippen LogP contribution in [0.25, 0.3) is 0 Å². The van der Waals surface area contributed by atoms with Crippen LogP contribution in [0.15, 0.2) is 23.1 Å². The first-order valence-corrected chi connectivity index (χ1v) is 7.11. The fourth-order valence-corrected chi connectivity index (χ4v) is 3.53. The van der Waals surface area contributed by atoms with Gasteiger partial charge >= 0.3 is 0 Å². The quantitative estimate of drug-likeness (QED) is 0.859. The van der Waals surface area contributed by atoms with E-state index in [1.807, 2.05) is 19.9 Å². The number of aliphatic hydroxyl groups excluding tert-OH is 1. The van der Waals surface area contributed by atoms with Gasteiger partial charge in [0.05, 0.1) is 11.0 Å². The number of benzene rings is 1. The predicted octanol–water partition coefficient (Wildman–Crippen LogP) is 1.06. The predicted molar refractivity (Wildman–Crippen MR) is 65.3 cm³/mol. The number of aliphatic hydroxyl groups is 1. The highest BCUT2D eigenvalue weighted by atomic mass is 32.2. The molecule has 5 heteroatoms. The molecule has 0 bridgehead atoms. The van der Waals surface area contributed by atoms with E-state index in [0.717, 1.165) is 11.1 Å². The highest BCUT2D eigenvalue weighted by molar-refractivity contribution is 7.89. The number of hydrogen-bond donors (Lipinski definition) is 1. The highest BCUT2D eigenvalue weighted by Crippen LogP contribution is 2.22. The zero-order chi connectivity index (χ0) is 12.6. The van der Waals surface area contributed by atoms with Gasteiger partial charge in [0, 0.05) is 13.1 Å². The molecular formula is C12H17NO3S. The molecule has 1 atom stereocenters. The molecular weight excluding hydrogens is 238 g/mol. The van der Waals surface area contributed by atoms with Crippen molar-refractivity contribution in [1.82, 2.24) is 4.31 Å². The number of sulfonamides is 1. The third-order valence-electron chi connectivity index (χ3n) is 3.24. The van der Waals surface area contributed by atoms with Gasteiger partial charge in [-0.25, -0.2) is 8.42 Å². The maximum atomic E-state index is 12.3. The van der Waals surface area contributed by atoms with Gasteiger partial charge in [-0.05, 0) is 43.5 Å². The molecule has 0 aliphatic carbocycles. The summed E-state index contributed by atoms with van der Waals surface area (Å²) in [5.41, 5.74) is 2.04. The molecule has 1 saturated heterocycles. The molecule has 2 rings (SSSR count). The molecule has 1 N–H and O–H groups in total. The Morgan fingerprint density at radius 3 is 2.53 bits per heavy atom. The fourth-order valence-electron chi connectivity index (χ4n) is 1.95. The molecule has 0 aromatic heterocycles. The van der Waals surface area contributed by atoms with Crippen LogP contribution < -0.4 is 0 Å². The molecule has 1 heterocycles. The van der Waals surface area contributed by atoms with Gasteiger partial charge in [0.1, 0.15) is 0 Å². The molecule has 0 spiro atoms. The van der Waals surface area contributed by atoms with E-state index in [1.165, 1.54) is 4.31 Å². The maximum Gasteiger partial charge on any atom is 0.243 e. The summed E-state index contributed by atoms with van der Waals surface area (Å²) >= 11 is 0. The molecule has 1 fully saturated rings. The summed E-state index contributed by atoms with van der Waals surface area (Å²) in [4.78, 5) is 0.315. The summed E-state index contributed by atoms with van der Waals surface area (Å²) in [6.45, 7) is 4.45. The third kappa shape index (κ3) is 2.36. The minimum atomic E-state index is -3.44. The van der Waals surface area contributed by atoms with Gasteiger partial charge in [-0.3, -0.25) is 0 Å². The Labute approximate surface area is 102 Å². The number of aryl methyl sites for hydroxylation is 2. The van der Waals surface area contributed by atoms with Crippen LogP contribution in [0.3, 0.4) is 0 Å². The van der Waals surface area contributed by atoms with E-state index in [-0.39, 0.29) is 6.54 Å². The van der Waals surface area contributed by atoms with E-state index < -0.39 is 16.1 Å². The van der Waals surface area contributed by atoms with Crippen molar-refractivity contribution in [3.63, 3.8) is 0 Å². The lowest BCUT2D eigenvalue weighted by atomic mass is 10.1. The van der Waals surface area contributed by atoms with Crippen LogP contribution in [-0.2, 0) is 10.0 Å². The molecule has 1 aliphatic heterocycles. The second kappa shape index (κ2) is 4.40. The average molecular weight is 255 g/mol. The van der Waals surface area contributed by atoms with E-state index in [1.54, 1.807) is 12.1 Å². The monoisotopic (exact) mass is 255 g/mol. The topological polar surface area (TPSA) is 57.6 Å². The Balaban J connectivity index is 2.35. The van der Waals surface area contributed by atoms with Crippen LogP contribution in [-0.4, -0.2) is 37.0 Å². The van der Waals surface area contributed by atoms with Crippen molar-refractivity contribution in [3.8, 4) is 0 Å². The van der Waals surface area contributed by atoms with Crippen molar-refractivity contribution in [1.29, 1.82) is 0 Å². The first-order valence-electron chi connectivity index (χ1n) is 5.67. The molecule has 1 aromatic carbocycles. The van der Waals surface area contributed by atoms with E-state index in [0.29, 0.717) is 17.9 Å². The van der Waals surface area contributed by atoms with Crippen molar-refractivity contribution < 1.29 is 13.5 Å². The van der Waals surface area contributed by atoms with Crippen LogP contribution in [0, 0.1) is 13.8 Å². The van der Waals surface area contributed by atoms with Crippen molar-refractivity contribution in [3.05, 3.63) is 29.3 Å². The zero-order valence-corrected chi connectivity index (χ0v) is 10.9. The minimum Gasteiger partial charge on any atom is -0.392 e. The summed E-state index contributed by atoms with van der Waals surface area (Å²) in [5.74, 6) is 0. The number of nitrogens with zero attached hydrogens (tertiary/aromatic N) is 1. The summed E-state index contributed by atoms with van der Waals surface area (Å²) in [5, 5.41) is 9.40. The standard InChI is InChI=1S/C12H17NO3S/c1-9-3-4-12(7-10(9)2)17(15,16)13-6-5-11(14)8-13/h3-4,7,11,14H,5-6,8H2,1-2H3/t11-/m0/s1. The Hall–Kier alpha value is -0.910. The van der Waals surface area contributed by atoms with Crippen molar-refractivity contribution in [2.24, 2.45) is 0 Å². The molecule has 0 saturated carbocycles. The van der Waals surface area contributed by atoms with Gasteiger partial charge in [0.15, 0.2) is 0 Å². The van der Waals surface area contributed by atoms with Gasteiger partial charge < -0.3 is 5.11 Å². The van der Waals surface area contributed by atoms with Gasteiger partial charge in [0.2, 0.25) is 10.0 Å². The first kappa shape index (κ1) is 12.5. The van der Waals surface area contributed by atoms with Gasteiger partial charge in [0.25, 0.3) is 0 Å². The van der Waals surface area contributed by atoms with Gasteiger partial charge in [-0.15, -0.1) is 0 Å². The molecule has 17 heavy (non-hydrogen) atoms.